The molecule has 0 saturated carbocycles. The average molecular weight is 211 g/mol. The van der Waals surface area contributed by atoms with Crippen LogP contribution >= 0.6 is 0 Å². The fourth-order valence-electron chi connectivity index (χ4n) is 0.980. The van der Waals surface area contributed by atoms with Gasteiger partial charge < -0.3 is 0 Å². The number of nitrogens with zero attached hydrogens (tertiary/aromatic N) is 2. The van der Waals surface area contributed by atoms with E-state index in [4.69, 9.17) is 10.4 Å². The molecule has 0 saturated heterocycles. The zero-order valence-corrected chi connectivity index (χ0v) is 8.32. The van der Waals surface area contributed by atoms with Crippen LogP contribution in [0.3, 0.4) is 0 Å². The van der Waals surface area contributed by atoms with Crippen LogP contribution in [0.4, 0.5) is 5.69 Å². The van der Waals surface area contributed by atoms with E-state index in [0.29, 0.717) is 0 Å². The minimum Gasteiger partial charge on any atom is -0.260 e. The highest BCUT2D eigenvalue weighted by atomic mass is 32.2. The zero-order chi connectivity index (χ0) is 10.8. The van der Waals surface area contributed by atoms with Crippen LogP contribution in [0.25, 0.3) is 0 Å². The highest BCUT2D eigenvalue weighted by Crippen LogP contribution is 2.19. The Hall–Kier alpha value is -1.58. The fraction of sp³-hybridized carbons (Fsp3) is 0.125. The van der Waals surface area contributed by atoms with Crippen LogP contribution in [-0.2, 0) is 10.2 Å². The lowest BCUT2D eigenvalue weighted by atomic mass is 10.2. The summed E-state index contributed by atoms with van der Waals surface area (Å²) in [6.45, 7) is 0. The van der Waals surface area contributed by atoms with Crippen LogP contribution in [-0.4, -0.2) is 15.5 Å². The molecule has 0 aliphatic heterocycles. The summed E-state index contributed by atoms with van der Waals surface area (Å²) in [5.74, 6) is 0. The molecule has 74 valence electrons. The summed E-state index contributed by atoms with van der Waals surface area (Å²) in [4.78, 5) is 0. The molecule has 0 fully saturated rings. The van der Waals surface area contributed by atoms with Gasteiger partial charge in [0.1, 0.15) is 6.07 Å². The van der Waals surface area contributed by atoms with Gasteiger partial charge >= 0.3 is 0 Å². The smallest absolute Gasteiger partial charge is 0.260 e. The Bertz CT molecular complexity index is 476. The second kappa shape index (κ2) is 3.65. The molecule has 0 unspecified atom stereocenters. The molecular weight excluding hydrogens is 202 g/mol. The topological polar surface area (TPSA) is 87.2 Å². The van der Waals surface area contributed by atoms with Gasteiger partial charge in [-0.1, -0.05) is 12.1 Å². The van der Waals surface area contributed by atoms with Crippen LogP contribution in [0.5, 0.6) is 0 Å². The summed E-state index contributed by atoms with van der Waals surface area (Å²) in [6.07, 6.45) is 0. The first-order valence-corrected chi connectivity index (χ1v) is 5.23. The highest BCUT2D eigenvalue weighted by molar-refractivity contribution is 7.90. The lowest BCUT2D eigenvalue weighted by Crippen LogP contribution is -2.33. The maximum absolute atomic E-state index is 11.0. The molecule has 14 heavy (non-hydrogen) atoms. The van der Waals surface area contributed by atoms with Gasteiger partial charge in [0.25, 0.3) is 10.2 Å². The standard InChI is InChI=1S/C8H9N3O2S/c1-11(14(10,12)13)8-5-3-2-4-7(8)6-9/h2-5H,1H3,(H2,10,12,13). The van der Waals surface area contributed by atoms with Crippen molar-refractivity contribution in [3.05, 3.63) is 29.8 Å². The van der Waals surface area contributed by atoms with Crippen LogP contribution in [0.1, 0.15) is 5.56 Å². The normalized spacial score (nSPS) is 10.6. The van der Waals surface area contributed by atoms with Crippen LogP contribution in [0.15, 0.2) is 24.3 Å². The molecule has 1 rings (SSSR count). The van der Waals surface area contributed by atoms with E-state index in [1.807, 2.05) is 6.07 Å². The number of rotatable bonds is 2. The van der Waals surface area contributed by atoms with Crippen LogP contribution in [0.2, 0.25) is 0 Å². The molecule has 6 heteroatoms. The number of para-hydroxylation sites is 1. The van der Waals surface area contributed by atoms with Gasteiger partial charge in [0.15, 0.2) is 0 Å². The summed E-state index contributed by atoms with van der Waals surface area (Å²) in [5.41, 5.74) is 0.543. The number of hydrogen-bond donors (Lipinski definition) is 1. The first-order valence-electron chi connectivity index (χ1n) is 3.72. The Morgan fingerprint density at radius 2 is 2.00 bits per heavy atom. The lowest BCUT2D eigenvalue weighted by molar-refractivity contribution is 0.596. The van der Waals surface area contributed by atoms with Gasteiger partial charge in [-0.15, -0.1) is 0 Å². The van der Waals surface area contributed by atoms with Gasteiger partial charge in [-0.2, -0.15) is 13.7 Å². The Morgan fingerprint density at radius 3 is 2.50 bits per heavy atom. The molecule has 0 aliphatic carbocycles. The first kappa shape index (κ1) is 10.5. The molecule has 0 heterocycles. The molecule has 0 radical (unpaired) electrons. The summed E-state index contributed by atoms with van der Waals surface area (Å²) in [7, 11) is -2.51. The number of anilines is 1. The maximum atomic E-state index is 11.0. The Balaban J connectivity index is 3.28. The van der Waals surface area contributed by atoms with Crippen molar-refractivity contribution in [3.63, 3.8) is 0 Å². The quantitative estimate of drug-likeness (QED) is 0.757. The van der Waals surface area contributed by atoms with E-state index in [2.05, 4.69) is 0 Å². The molecule has 1 aromatic rings. The number of nitrogens with two attached hydrogens (primary N) is 1. The van der Waals surface area contributed by atoms with Crippen molar-refractivity contribution in [2.24, 2.45) is 5.14 Å². The molecule has 0 atom stereocenters. The maximum Gasteiger partial charge on any atom is 0.298 e. The molecule has 1 aromatic carbocycles. The Labute approximate surface area is 82.5 Å². The highest BCUT2D eigenvalue weighted by Gasteiger charge is 2.15. The molecule has 0 bridgehead atoms. The van der Waals surface area contributed by atoms with Gasteiger partial charge in [-0.3, -0.25) is 4.31 Å². The lowest BCUT2D eigenvalue weighted by Gasteiger charge is -2.16. The van der Waals surface area contributed by atoms with Crippen molar-refractivity contribution in [1.29, 1.82) is 5.26 Å². The molecular formula is C8H9N3O2S. The predicted molar refractivity (Wildman–Crippen MR) is 52.7 cm³/mol. The third-order valence-electron chi connectivity index (χ3n) is 1.75. The molecule has 0 spiro atoms. The average Bonchev–Trinajstić information content (AvgIpc) is 2.15. The van der Waals surface area contributed by atoms with Crippen LogP contribution in [0, 0.1) is 11.3 Å². The summed E-state index contributed by atoms with van der Waals surface area (Å²) in [6, 6.07) is 8.22. The number of nitriles is 1. The van der Waals surface area contributed by atoms with Gasteiger partial charge in [-0.25, -0.2) is 5.14 Å². The van der Waals surface area contributed by atoms with Crippen molar-refractivity contribution in [2.75, 3.05) is 11.4 Å². The van der Waals surface area contributed by atoms with E-state index in [1.165, 1.54) is 19.2 Å². The van der Waals surface area contributed by atoms with Gasteiger partial charge in [0.05, 0.1) is 11.3 Å². The predicted octanol–water partition coefficient (Wildman–Crippen LogP) is 0.198. The van der Waals surface area contributed by atoms with E-state index in [-0.39, 0.29) is 11.3 Å². The molecule has 5 nitrogen and oxygen atoms in total. The third-order valence-corrected chi connectivity index (χ3v) is 2.71. The summed E-state index contributed by atoms with van der Waals surface area (Å²) in [5, 5.41) is 13.6. The Kier molecular flexibility index (Phi) is 2.74. The molecule has 0 aromatic heterocycles. The van der Waals surface area contributed by atoms with Gasteiger partial charge in [0, 0.05) is 7.05 Å². The molecule has 0 amide bonds. The minimum atomic E-state index is -3.81. The second-order valence-corrected chi connectivity index (χ2v) is 4.22. The number of hydrogen-bond acceptors (Lipinski definition) is 3. The molecule has 0 aliphatic rings. The molecule has 2 N–H and O–H groups in total. The van der Waals surface area contributed by atoms with E-state index < -0.39 is 10.2 Å². The van der Waals surface area contributed by atoms with E-state index in [9.17, 15) is 8.42 Å². The van der Waals surface area contributed by atoms with E-state index in [0.717, 1.165) is 4.31 Å². The largest absolute Gasteiger partial charge is 0.298 e. The summed E-state index contributed by atoms with van der Waals surface area (Å²) >= 11 is 0. The van der Waals surface area contributed by atoms with Gasteiger partial charge in [-0.05, 0) is 12.1 Å². The minimum absolute atomic E-state index is 0.268. The van der Waals surface area contributed by atoms with Crippen molar-refractivity contribution < 1.29 is 8.42 Å². The second-order valence-electron chi connectivity index (χ2n) is 2.64. The van der Waals surface area contributed by atoms with Crippen molar-refractivity contribution >= 4 is 15.9 Å². The number of benzene rings is 1. The Morgan fingerprint density at radius 1 is 1.43 bits per heavy atom. The summed E-state index contributed by atoms with van der Waals surface area (Å²) < 4.78 is 22.9. The fourth-order valence-corrected chi connectivity index (χ4v) is 1.41. The zero-order valence-electron chi connectivity index (χ0n) is 7.51. The monoisotopic (exact) mass is 211 g/mol. The van der Waals surface area contributed by atoms with Crippen molar-refractivity contribution in [2.45, 2.75) is 0 Å². The first-order chi connectivity index (χ1) is 6.46. The van der Waals surface area contributed by atoms with Crippen LogP contribution < -0.4 is 9.44 Å². The van der Waals surface area contributed by atoms with E-state index in [1.54, 1.807) is 12.1 Å². The SMILES string of the molecule is CN(c1ccccc1C#N)S(N)(=O)=O. The van der Waals surface area contributed by atoms with E-state index >= 15 is 0 Å². The van der Waals surface area contributed by atoms with Crippen molar-refractivity contribution in [3.8, 4) is 6.07 Å². The third kappa shape index (κ3) is 2.02. The van der Waals surface area contributed by atoms with Gasteiger partial charge in [0.2, 0.25) is 0 Å². The van der Waals surface area contributed by atoms with Crippen molar-refractivity contribution in [1.82, 2.24) is 0 Å².